The summed E-state index contributed by atoms with van der Waals surface area (Å²) in [4.78, 5) is 9.39. The van der Waals surface area contributed by atoms with Crippen molar-refractivity contribution in [2.24, 2.45) is 0 Å². The van der Waals surface area contributed by atoms with Crippen molar-refractivity contribution >= 4 is 17.3 Å². The van der Waals surface area contributed by atoms with Crippen LogP contribution in [0.15, 0.2) is 18.2 Å². The second kappa shape index (κ2) is 4.25. The van der Waals surface area contributed by atoms with E-state index in [0.717, 1.165) is 12.1 Å². The average molecular weight is 258 g/mol. The van der Waals surface area contributed by atoms with Crippen LogP contribution >= 0.6 is 11.6 Å². The summed E-state index contributed by atoms with van der Waals surface area (Å²) in [5.74, 6) is 0. The second-order valence-corrected chi connectivity index (χ2v) is 3.28. The minimum Gasteiger partial charge on any atom is -0.258 e. The molecule has 0 radical (unpaired) electrons. The summed E-state index contributed by atoms with van der Waals surface area (Å²) in [5, 5.41) is 10.0. The summed E-state index contributed by atoms with van der Waals surface area (Å²) in [6.07, 6.45) is -8.36. The highest BCUT2D eigenvalue weighted by atomic mass is 35.5. The maximum atomic E-state index is 12.8. The molecule has 3 nitrogen and oxygen atoms in total. The molecule has 0 aromatic heterocycles. The zero-order valence-electron chi connectivity index (χ0n) is 7.46. The van der Waals surface area contributed by atoms with E-state index in [1.165, 1.54) is 0 Å². The first kappa shape index (κ1) is 12.7. The number of nitrogens with zero attached hydrogens (tertiary/aromatic N) is 1. The molecule has 88 valence electrons. The highest BCUT2D eigenvalue weighted by Gasteiger charge is 2.41. The summed E-state index contributed by atoms with van der Waals surface area (Å²) in [6, 6.07) is 2.08. The maximum absolute atomic E-state index is 12.8. The number of nitro benzene ring substituents is 1. The summed E-state index contributed by atoms with van der Waals surface area (Å²) >= 11 is 5.36. The molecule has 8 heteroatoms. The number of benzene rings is 1. The highest BCUT2D eigenvalue weighted by Crippen LogP contribution is 2.38. The Kier molecular flexibility index (Phi) is 3.37. The average Bonchev–Trinajstić information content (AvgIpc) is 2.15. The molecule has 0 N–H and O–H groups in total. The van der Waals surface area contributed by atoms with Gasteiger partial charge in [-0.2, -0.15) is 13.2 Å². The second-order valence-electron chi connectivity index (χ2n) is 2.87. The maximum Gasteiger partial charge on any atom is 0.423 e. The van der Waals surface area contributed by atoms with E-state index in [4.69, 9.17) is 11.6 Å². The van der Waals surface area contributed by atoms with Crippen molar-refractivity contribution in [1.82, 2.24) is 0 Å². The van der Waals surface area contributed by atoms with Gasteiger partial charge in [0, 0.05) is 11.6 Å². The minimum atomic E-state index is -5.10. The lowest BCUT2D eigenvalue weighted by molar-refractivity contribution is -0.384. The van der Waals surface area contributed by atoms with Crippen LogP contribution in [0.1, 0.15) is 11.7 Å². The number of halogens is 5. The fourth-order valence-corrected chi connectivity index (χ4v) is 1.20. The van der Waals surface area contributed by atoms with Gasteiger partial charge in [-0.1, -0.05) is 17.7 Å². The Morgan fingerprint density at radius 2 is 1.94 bits per heavy atom. The van der Waals surface area contributed by atoms with Crippen molar-refractivity contribution in [1.29, 1.82) is 0 Å². The zero-order valence-corrected chi connectivity index (χ0v) is 8.22. The van der Waals surface area contributed by atoms with Crippen molar-refractivity contribution in [2.75, 3.05) is 0 Å². The number of alkyl halides is 4. The molecule has 16 heavy (non-hydrogen) atoms. The Labute approximate surface area is 91.8 Å². The number of hydrogen-bond acceptors (Lipinski definition) is 2. The van der Waals surface area contributed by atoms with Crippen LogP contribution in [0.2, 0.25) is 5.02 Å². The molecule has 0 saturated carbocycles. The Bertz CT molecular complexity index is 421. The van der Waals surface area contributed by atoms with Crippen LogP contribution in [0.25, 0.3) is 0 Å². The van der Waals surface area contributed by atoms with E-state index < -0.39 is 28.5 Å². The number of rotatable bonds is 2. The van der Waals surface area contributed by atoms with Gasteiger partial charge < -0.3 is 0 Å². The number of hydrogen-bond donors (Lipinski definition) is 0. The molecule has 0 heterocycles. The monoisotopic (exact) mass is 257 g/mol. The molecule has 0 aliphatic carbocycles. The third kappa shape index (κ3) is 2.60. The van der Waals surface area contributed by atoms with Gasteiger partial charge in [0.25, 0.3) is 5.69 Å². The van der Waals surface area contributed by atoms with E-state index in [-0.39, 0.29) is 5.02 Å². The third-order valence-electron chi connectivity index (χ3n) is 1.75. The first-order chi connectivity index (χ1) is 7.23. The van der Waals surface area contributed by atoms with Crippen molar-refractivity contribution in [2.45, 2.75) is 12.3 Å². The van der Waals surface area contributed by atoms with E-state index >= 15 is 0 Å². The van der Waals surface area contributed by atoms with Gasteiger partial charge in [0.2, 0.25) is 6.17 Å². The molecule has 0 fully saturated rings. The SMILES string of the molecule is O=[N+]([O-])c1cc(C(F)C(F)(F)F)ccc1Cl. The smallest absolute Gasteiger partial charge is 0.258 e. The summed E-state index contributed by atoms with van der Waals surface area (Å²) in [7, 11) is 0. The largest absolute Gasteiger partial charge is 0.423 e. The highest BCUT2D eigenvalue weighted by molar-refractivity contribution is 6.32. The third-order valence-corrected chi connectivity index (χ3v) is 2.07. The molecule has 1 unspecified atom stereocenters. The van der Waals surface area contributed by atoms with Crippen LogP contribution < -0.4 is 0 Å². The first-order valence-corrected chi connectivity index (χ1v) is 4.26. The fourth-order valence-electron chi connectivity index (χ4n) is 1.02. The molecule has 1 atom stereocenters. The standard InChI is InChI=1S/C8H4ClF4NO2/c9-5-2-1-4(3-6(5)14(15)16)7(10)8(11,12)13/h1-3,7H. The Morgan fingerprint density at radius 3 is 2.38 bits per heavy atom. The van der Waals surface area contributed by atoms with Crippen molar-refractivity contribution < 1.29 is 22.5 Å². The van der Waals surface area contributed by atoms with Gasteiger partial charge in [0.05, 0.1) is 4.92 Å². The molecule has 1 aromatic carbocycles. The first-order valence-electron chi connectivity index (χ1n) is 3.88. The zero-order chi connectivity index (χ0) is 12.5. The topological polar surface area (TPSA) is 43.1 Å². The molecular weight excluding hydrogens is 254 g/mol. The van der Waals surface area contributed by atoms with E-state index in [9.17, 15) is 27.7 Å². The van der Waals surface area contributed by atoms with E-state index in [1.807, 2.05) is 0 Å². The Balaban J connectivity index is 3.18. The fraction of sp³-hybridized carbons (Fsp3) is 0.250. The lowest BCUT2D eigenvalue weighted by atomic mass is 10.1. The molecule has 0 bridgehead atoms. The normalized spacial score (nSPS) is 13.6. The van der Waals surface area contributed by atoms with Gasteiger partial charge in [0.1, 0.15) is 5.02 Å². The van der Waals surface area contributed by atoms with E-state index in [1.54, 1.807) is 0 Å². The van der Waals surface area contributed by atoms with Gasteiger partial charge in [-0.05, 0) is 6.07 Å². The van der Waals surface area contributed by atoms with Crippen LogP contribution in [-0.4, -0.2) is 11.1 Å². The van der Waals surface area contributed by atoms with Crippen LogP contribution in [0, 0.1) is 10.1 Å². The summed E-state index contributed by atoms with van der Waals surface area (Å²) in [5.41, 5.74) is -1.60. The Hall–Kier alpha value is -1.37. The van der Waals surface area contributed by atoms with E-state index in [2.05, 4.69) is 0 Å². The minimum absolute atomic E-state index is 0.344. The predicted molar refractivity (Wildman–Crippen MR) is 48.0 cm³/mol. The summed E-state index contributed by atoms with van der Waals surface area (Å²) in [6.45, 7) is 0. The molecule has 1 rings (SSSR count). The van der Waals surface area contributed by atoms with Crippen molar-refractivity contribution in [3.63, 3.8) is 0 Å². The lowest BCUT2D eigenvalue weighted by Crippen LogP contribution is -2.16. The van der Waals surface area contributed by atoms with Crippen LogP contribution in [0.4, 0.5) is 23.2 Å². The van der Waals surface area contributed by atoms with Gasteiger partial charge in [-0.25, -0.2) is 4.39 Å². The molecular formula is C8H4ClF4NO2. The van der Waals surface area contributed by atoms with Crippen LogP contribution in [0.5, 0.6) is 0 Å². The number of nitro groups is 1. The van der Waals surface area contributed by atoms with Gasteiger partial charge in [-0.15, -0.1) is 0 Å². The molecule has 0 aliphatic rings. The van der Waals surface area contributed by atoms with E-state index in [0.29, 0.717) is 6.07 Å². The van der Waals surface area contributed by atoms with Gasteiger partial charge >= 0.3 is 6.18 Å². The molecule has 0 saturated heterocycles. The predicted octanol–water partition coefficient (Wildman–Crippen LogP) is 3.82. The Morgan fingerprint density at radius 1 is 1.38 bits per heavy atom. The van der Waals surface area contributed by atoms with Gasteiger partial charge in [0.15, 0.2) is 0 Å². The molecule has 0 spiro atoms. The molecule has 0 aliphatic heterocycles. The molecule has 0 amide bonds. The van der Waals surface area contributed by atoms with Crippen molar-refractivity contribution in [3.05, 3.63) is 38.9 Å². The lowest BCUT2D eigenvalue weighted by Gasteiger charge is -2.12. The van der Waals surface area contributed by atoms with Crippen LogP contribution in [-0.2, 0) is 0 Å². The van der Waals surface area contributed by atoms with Gasteiger partial charge in [-0.3, -0.25) is 10.1 Å². The molecule has 1 aromatic rings. The quantitative estimate of drug-likeness (QED) is 0.459. The van der Waals surface area contributed by atoms with Crippen LogP contribution in [0.3, 0.4) is 0 Å². The summed E-state index contributed by atoms with van der Waals surface area (Å²) < 4.78 is 48.8. The van der Waals surface area contributed by atoms with Crippen molar-refractivity contribution in [3.8, 4) is 0 Å².